The highest BCUT2D eigenvalue weighted by Crippen LogP contribution is 2.49. The molecule has 1 heteroatoms. The molecule has 0 aromatic rings. The molecule has 0 aromatic carbocycles. The maximum Gasteiger partial charge on any atom is 0.0202 e. The van der Waals surface area contributed by atoms with Crippen molar-refractivity contribution in [2.75, 3.05) is 5.75 Å². The summed E-state index contributed by atoms with van der Waals surface area (Å²) >= 11 is 4.46. The van der Waals surface area contributed by atoms with E-state index in [0.717, 1.165) is 5.75 Å². The van der Waals surface area contributed by atoms with Gasteiger partial charge >= 0.3 is 0 Å². The molecule has 0 aromatic heterocycles. The zero-order chi connectivity index (χ0) is 12.1. The van der Waals surface area contributed by atoms with Crippen molar-refractivity contribution in [3.63, 3.8) is 0 Å². The van der Waals surface area contributed by atoms with E-state index in [9.17, 15) is 0 Å². The Morgan fingerprint density at radius 3 is 2.33 bits per heavy atom. The lowest BCUT2D eigenvalue weighted by Crippen LogP contribution is -2.29. The van der Waals surface area contributed by atoms with Crippen LogP contribution >= 0.6 is 12.6 Å². The fourth-order valence-corrected chi connectivity index (χ4v) is 3.70. The quantitative estimate of drug-likeness (QED) is 0.669. The fourth-order valence-electron chi connectivity index (χ4n) is 3.41. The molecular formula is C17H14S. The molecule has 18 heavy (non-hydrogen) atoms. The van der Waals surface area contributed by atoms with Gasteiger partial charge in [0.2, 0.25) is 0 Å². The predicted octanol–water partition coefficient (Wildman–Crippen LogP) is 3.95. The molecule has 0 fully saturated rings. The van der Waals surface area contributed by atoms with Gasteiger partial charge in [-0.25, -0.2) is 0 Å². The van der Waals surface area contributed by atoms with Crippen molar-refractivity contribution in [2.45, 2.75) is 0 Å². The minimum atomic E-state index is 0.512. The van der Waals surface area contributed by atoms with Crippen LogP contribution < -0.4 is 0 Å². The van der Waals surface area contributed by atoms with Gasteiger partial charge in [-0.15, -0.1) is 0 Å². The molecule has 0 bridgehead atoms. The summed E-state index contributed by atoms with van der Waals surface area (Å²) in [5.41, 5.74) is 7.15. The van der Waals surface area contributed by atoms with Crippen molar-refractivity contribution in [1.29, 1.82) is 0 Å². The third-order valence-corrected chi connectivity index (χ3v) is 4.61. The van der Waals surface area contributed by atoms with Gasteiger partial charge in [0.05, 0.1) is 0 Å². The lowest BCUT2D eigenvalue weighted by Gasteiger charge is -2.40. The topological polar surface area (TPSA) is 0 Å². The van der Waals surface area contributed by atoms with Gasteiger partial charge in [-0.3, -0.25) is 0 Å². The van der Waals surface area contributed by atoms with Crippen LogP contribution in [0.2, 0.25) is 0 Å². The van der Waals surface area contributed by atoms with E-state index in [1.54, 1.807) is 0 Å². The maximum absolute atomic E-state index is 4.46. The standard InChI is InChI=1S/C17H14S/c18-10-14-7-6-13-5-4-11-2-1-3-12-8-9-15(14)17(13)16(11)12/h1-9,16-18H,10H2. The third-order valence-electron chi connectivity index (χ3n) is 4.26. The summed E-state index contributed by atoms with van der Waals surface area (Å²) in [6, 6.07) is 0. The van der Waals surface area contributed by atoms with Crippen LogP contribution in [0.5, 0.6) is 0 Å². The molecule has 0 saturated carbocycles. The molecule has 0 spiro atoms. The Balaban J connectivity index is 1.99. The van der Waals surface area contributed by atoms with Gasteiger partial charge in [-0.1, -0.05) is 54.7 Å². The van der Waals surface area contributed by atoms with E-state index in [1.165, 1.54) is 27.9 Å². The van der Waals surface area contributed by atoms with Crippen molar-refractivity contribution < 1.29 is 0 Å². The normalized spacial score (nSPS) is 30.8. The smallest absolute Gasteiger partial charge is 0.0202 e. The summed E-state index contributed by atoms with van der Waals surface area (Å²) in [5, 5.41) is 0. The molecule has 0 amide bonds. The molecule has 2 unspecified atom stereocenters. The number of allylic oxidation sites excluding steroid dienone is 13. The Morgan fingerprint density at radius 2 is 1.50 bits per heavy atom. The molecule has 0 aliphatic heterocycles. The van der Waals surface area contributed by atoms with E-state index in [0.29, 0.717) is 11.8 Å². The summed E-state index contributed by atoms with van der Waals surface area (Å²) in [5.74, 6) is 1.86. The Hall–Kier alpha value is -1.47. The number of hydrogen-bond donors (Lipinski definition) is 1. The van der Waals surface area contributed by atoms with Crippen molar-refractivity contribution in [3.05, 3.63) is 82.5 Å². The number of rotatable bonds is 1. The second-order valence-corrected chi connectivity index (χ2v) is 5.44. The van der Waals surface area contributed by atoms with Crippen LogP contribution in [0, 0.1) is 11.8 Å². The second kappa shape index (κ2) is 3.76. The van der Waals surface area contributed by atoms with Crippen molar-refractivity contribution in [1.82, 2.24) is 0 Å². The Morgan fingerprint density at radius 1 is 0.778 bits per heavy atom. The highest BCUT2D eigenvalue weighted by molar-refractivity contribution is 7.80. The van der Waals surface area contributed by atoms with Crippen LogP contribution in [0.1, 0.15) is 0 Å². The van der Waals surface area contributed by atoms with Crippen LogP contribution in [-0.2, 0) is 0 Å². The fraction of sp³-hybridized carbons (Fsp3) is 0.176. The molecule has 0 nitrogen and oxygen atoms in total. The lowest BCUT2D eigenvalue weighted by molar-refractivity contribution is 0.560. The van der Waals surface area contributed by atoms with Gasteiger partial charge in [0.15, 0.2) is 0 Å². The minimum absolute atomic E-state index is 0.512. The number of thiol groups is 1. The SMILES string of the molecule is SCC1=C2C=CC3=CC=CC4=CC=C(C=C1)C2C34. The van der Waals surface area contributed by atoms with Gasteiger partial charge in [0.1, 0.15) is 0 Å². The molecular weight excluding hydrogens is 236 g/mol. The van der Waals surface area contributed by atoms with E-state index in [1.807, 2.05) is 0 Å². The van der Waals surface area contributed by atoms with Gasteiger partial charge in [-0.2, -0.15) is 12.6 Å². The van der Waals surface area contributed by atoms with E-state index in [4.69, 9.17) is 0 Å². The summed E-state index contributed by atoms with van der Waals surface area (Å²) in [4.78, 5) is 0. The lowest BCUT2D eigenvalue weighted by atomic mass is 9.63. The molecule has 0 saturated heterocycles. The molecule has 0 N–H and O–H groups in total. The number of hydrogen-bond acceptors (Lipinski definition) is 1. The largest absolute Gasteiger partial charge is 0.175 e. The third kappa shape index (κ3) is 1.28. The molecule has 4 aliphatic rings. The van der Waals surface area contributed by atoms with E-state index in [2.05, 4.69) is 67.3 Å². The first-order valence-electron chi connectivity index (χ1n) is 6.38. The average Bonchev–Trinajstić information content (AvgIpc) is 2.44. The van der Waals surface area contributed by atoms with Gasteiger partial charge in [0, 0.05) is 17.6 Å². The van der Waals surface area contributed by atoms with Crippen LogP contribution in [-0.4, -0.2) is 5.75 Å². The first kappa shape index (κ1) is 10.5. The summed E-state index contributed by atoms with van der Waals surface area (Å²) in [7, 11) is 0. The molecule has 2 atom stereocenters. The van der Waals surface area contributed by atoms with Crippen molar-refractivity contribution in [2.24, 2.45) is 11.8 Å². The molecule has 88 valence electrons. The second-order valence-electron chi connectivity index (χ2n) is 5.12. The monoisotopic (exact) mass is 250 g/mol. The molecule has 0 radical (unpaired) electrons. The molecule has 4 rings (SSSR count). The molecule has 0 heterocycles. The maximum atomic E-state index is 4.46. The van der Waals surface area contributed by atoms with Gasteiger partial charge in [-0.05, 0) is 27.9 Å². The minimum Gasteiger partial charge on any atom is -0.175 e. The highest BCUT2D eigenvalue weighted by atomic mass is 32.1. The highest BCUT2D eigenvalue weighted by Gasteiger charge is 2.37. The Bertz CT molecular complexity index is 633. The summed E-state index contributed by atoms with van der Waals surface area (Å²) in [6.45, 7) is 0. The average molecular weight is 250 g/mol. The van der Waals surface area contributed by atoms with Gasteiger partial charge in [0.25, 0.3) is 0 Å². The van der Waals surface area contributed by atoms with Gasteiger partial charge < -0.3 is 0 Å². The van der Waals surface area contributed by atoms with Crippen molar-refractivity contribution >= 4 is 12.6 Å². The van der Waals surface area contributed by atoms with E-state index < -0.39 is 0 Å². The van der Waals surface area contributed by atoms with Crippen molar-refractivity contribution in [3.8, 4) is 0 Å². The zero-order valence-corrected chi connectivity index (χ0v) is 10.9. The van der Waals surface area contributed by atoms with E-state index in [-0.39, 0.29) is 0 Å². The summed E-state index contributed by atoms with van der Waals surface area (Å²) in [6.07, 6.45) is 20.3. The van der Waals surface area contributed by atoms with Crippen LogP contribution in [0.15, 0.2) is 82.5 Å². The van der Waals surface area contributed by atoms with E-state index >= 15 is 0 Å². The van der Waals surface area contributed by atoms with Crippen LogP contribution in [0.25, 0.3) is 0 Å². The predicted molar refractivity (Wildman–Crippen MR) is 79.5 cm³/mol. The Labute approximate surface area is 113 Å². The zero-order valence-electron chi connectivity index (χ0n) is 10.0. The summed E-state index contributed by atoms with van der Waals surface area (Å²) < 4.78 is 0. The first-order chi connectivity index (χ1) is 8.88. The van der Waals surface area contributed by atoms with Crippen LogP contribution in [0.3, 0.4) is 0 Å². The van der Waals surface area contributed by atoms with Crippen LogP contribution in [0.4, 0.5) is 0 Å². The molecule has 4 aliphatic carbocycles. The Kier molecular flexibility index (Phi) is 2.18. The first-order valence-corrected chi connectivity index (χ1v) is 7.02.